The van der Waals surface area contributed by atoms with Gasteiger partial charge in [-0.25, -0.2) is 0 Å². The summed E-state index contributed by atoms with van der Waals surface area (Å²) < 4.78 is 0. The number of nitrogens with zero attached hydrogens (tertiary/aromatic N) is 1. The molecule has 1 N–H and O–H groups in total. The normalized spacial score (nSPS) is 17.8. The molecule has 2 aliphatic rings. The van der Waals surface area contributed by atoms with Gasteiger partial charge in [-0.1, -0.05) is 113 Å². The summed E-state index contributed by atoms with van der Waals surface area (Å²) in [7, 11) is 0. The number of hydrogen-bond donors (Lipinski definition) is 1. The van der Waals surface area contributed by atoms with Crippen LogP contribution in [0.4, 0.5) is 0 Å². The Morgan fingerprint density at radius 2 is 1.42 bits per heavy atom. The maximum Gasteiger partial charge on any atom is 0.165 e. The molecule has 287 valence electrons. The van der Waals surface area contributed by atoms with E-state index in [2.05, 4.69) is 151 Å². The number of ketones is 1. The van der Waals surface area contributed by atoms with Crippen LogP contribution >= 0.6 is 11.8 Å². The van der Waals surface area contributed by atoms with Gasteiger partial charge in [-0.15, -0.1) is 46.7 Å². The summed E-state index contributed by atoms with van der Waals surface area (Å²) in [4.78, 5) is 19.4. The summed E-state index contributed by atoms with van der Waals surface area (Å²) in [6.45, 7) is 32.1. The van der Waals surface area contributed by atoms with E-state index in [-0.39, 0.29) is 66.1 Å². The van der Waals surface area contributed by atoms with Crippen molar-refractivity contribution in [3.8, 4) is 11.3 Å². The molecule has 0 saturated carbocycles. The molecule has 0 saturated heterocycles. The van der Waals surface area contributed by atoms with Gasteiger partial charge in [-0.2, -0.15) is 0 Å². The molecule has 5 heteroatoms. The Balaban J connectivity index is 0.000000253. The number of aromatic nitrogens is 1. The number of benzene rings is 3. The summed E-state index contributed by atoms with van der Waals surface area (Å²) >= 11 is 2.03. The molecule has 0 bridgehead atoms. The van der Waals surface area contributed by atoms with Crippen molar-refractivity contribution < 1.29 is 30.0 Å². The summed E-state index contributed by atoms with van der Waals surface area (Å²) in [6.07, 6.45) is 1.50. The number of allylic oxidation sites excluding steroid dienone is 2. The molecule has 1 radical (unpaired) electrons. The van der Waals surface area contributed by atoms with Crippen LogP contribution in [0.1, 0.15) is 128 Å². The van der Waals surface area contributed by atoms with Gasteiger partial charge in [0.05, 0.1) is 5.52 Å². The van der Waals surface area contributed by atoms with E-state index >= 15 is 0 Å². The van der Waals surface area contributed by atoms with Crippen molar-refractivity contribution in [3.63, 3.8) is 0 Å². The van der Waals surface area contributed by atoms with Crippen molar-refractivity contribution in [1.82, 2.24) is 4.98 Å². The van der Waals surface area contributed by atoms with Crippen molar-refractivity contribution in [1.29, 1.82) is 0 Å². The van der Waals surface area contributed by atoms with Gasteiger partial charge in [0.1, 0.15) is 5.76 Å². The van der Waals surface area contributed by atoms with E-state index in [9.17, 15) is 9.90 Å². The SMILES string of the molecule is CC(C)C(C)(C(=O)/C=C(\O)C(C)(C(C)C)C(C)C)C(C)C.Cc1cc(C)c2c(C)cc(-c3[c-]ccc4c3C(C)(C)C3c5ccccc5SC43)nc2c1.[Ir]. The first kappa shape index (κ1) is 43.0. The summed E-state index contributed by atoms with van der Waals surface area (Å²) in [5, 5.41) is 12.4. The van der Waals surface area contributed by atoms with Crippen LogP contribution < -0.4 is 0 Å². The zero-order valence-corrected chi connectivity index (χ0v) is 38.0. The molecule has 1 aromatic heterocycles. The Bertz CT molecular complexity index is 2000. The number of aliphatic hydroxyl groups excluding tert-OH is 1. The van der Waals surface area contributed by atoms with Crippen molar-refractivity contribution in [3.05, 3.63) is 106 Å². The molecule has 3 aromatic carbocycles. The van der Waals surface area contributed by atoms with Gasteiger partial charge in [-0.3, -0.25) is 9.78 Å². The molecular formula is C48H62IrNO2S-. The minimum absolute atomic E-state index is 0. The van der Waals surface area contributed by atoms with E-state index in [1.807, 2.05) is 25.6 Å². The zero-order chi connectivity index (χ0) is 38.7. The molecule has 53 heavy (non-hydrogen) atoms. The van der Waals surface area contributed by atoms with Crippen molar-refractivity contribution in [2.24, 2.45) is 34.5 Å². The number of fused-ring (bicyclic) bond motifs is 6. The summed E-state index contributed by atoms with van der Waals surface area (Å²) in [6, 6.07) is 23.7. The van der Waals surface area contributed by atoms with E-state index in [1.165, 1.54) is 55.3 Å². The smallest absolute Gasteiger partial charge is 0.165 e. The molecule has 0 spiro atoms. The van der Waals surface area contributed by atoms with Gasteiger partial charge in [0, 0.05) is 58.5 Å². The van der Waals surface area contributed by atoms with Crippen molar-refractivity contribution in [2.75, 3.05) is 0 Å². The van der Waals surface area contributed by atoms with Gasteiger partial charge in [-0.05, 0) is 89.9 Å². The Morgan fingerprint density at radius 3 is 2.00 bits per heavy atom. The first-order valence-corrected chi connectivity index (χ1v) is 20.2. The van der Waals surface area contributed by atoms with E-state index in [4.69, 9.17) is 4.98 Å². The molecule has 0 fully saturated rings. The Morgan fingerprint density at radius 1 is 0.849 bits per heavy atom. The number of carbonyl (C=O) groups is 1. The second-order valence-corrected chi connectivity index (χ2v) is 19.0. The fourth-order valence-electron chi connectivity index (χ4n) is 9.07. The molecule has 1 aliphatic heterocycles. The van der Waals surface area contributed by atoms with E-state index < -0.39 is 5.41 Å². The predicted octanol–water partition coefficient (Wildman–Crippen LogP) is 13.5. The predicted molar refractivity (Wildman–Crippen MR) is 222 cm³/mol. The summed E-state index contributed by atoms with van der Waals surface area (Å²) in [5.41, 5.74) is 10.8. The summed E-state index contributed by atoms with van der Waals surface area (Å²) in [5.74, 6) is 1.76. The third-order valence-electron chi connectivity index (χ3n) is 13.4. The van der Waals surface area contributed by atoms with Crippen LogP contribution in [0.3, 0.4) is 0 Å². The topological polar surface area (TPSA) is 50.2 Å². The number of aryl methyl sites for hydroxylation is 3. The van der Waals surface area contributed by atoms with Crippen molar-refractivity contribution in [2.45, 2.75) is 125 Å². The molecule has 2 atom stereocenters. The molecule has 0 amide bonds. The minimum atomic E-state index is -0.442. The molecule has 1 aliphatic carbocycles. The molecule has 2 unspecified atom stereocenters. The van der Waals surface area contributed by atoms with E-state index in [0.717, 1.165) is 11.2 Å². The van der Waals surface area contributed by atoms with Crippen LogP contribution in [-0.4, -0.2) is 15.9 Å². The van der Waals surface area contributed by atoms with Gasteiger partial charge in [0.2, 0.25) is 0 Å². The maximum absolute atomic E-state index is 12.8. The Kier molecular flexibility index (Phi) is 12.8. The Hall–Kier alpha value is -2.72. The van der Waals surface area contributed by atoms with E-state index in [1.54, 1.807) is 0 Å². The molecule has 3 nitrogen and oxygen atoms in total. The van der Waals surface area contributed by atoms with Crippen LogP contribution in [-0.2, 0) is 30.3 Å². The standard InChI is InChI=1S/C29H26NS.C19H36O2.Ir/c1-16-13-17(2)25-18(3)15-22(30-23(25)14-16)19-10-8-11-21-26(19)29(4,5)27-20-9-6-7-12-24(20)31-28(21)27;1-12(2)18(9,13(3)4)16(20)11-17(21)19(10,14(5)6)15(7)8;/h6-9,11-15,27-28H,1-5H3;11-15,20H,1-10H3;/q-1;;/b;16-11-;. The third-order valence-corrected chi connectivity index (χ3v) is 14.8. The number of hydrogen-bond acceptors (Lipinski definition) is 4. The number of aliphatic hydroxyl groups is 1. The average Bonchev–Trinajstić information content (AvgIpc) is 3.56. The fourth-order valence-corrected chi connectivity index (χ4v) is 10.8. The maximum atomic E-state index is 12.8. The minimum Gasteiger partial charge on any atom is -0.512 e. The Labute approximate surface area is 338 Å². The van der Waals surface area contributed by atoms with Crippen LogP contribution in [0.15, 0.2) is 71.3 Å². The van der Waals surface area contributed by atoms with Crippen molar-refractivity contribution >= 4 is 28.4 Å². The first-order chi connectivity index (χ1) is 24.2. The zero-order valence-electron chi connectivity index (χ0n) is 34.8. The number of pyridine rings is 1. The van der Waals surface area contributed by atoms with Crippen LogP contribution in [0.5, 0.6) is 0 Å². The van der Waals surface area contributed by atoms with Gasteiger partial charge in [0.15, 0.2) is 5.78 Å². The van der Waals surface area contributed by atoms with Gasteiger partial charge < -0.3 is 5.11 Å². The monoisotopic (exact) mass is 909 g/mol. The quantitative estimate of drug-likeness (QED) is 0.109. The number of carbonyl (C=O) groups excluding carboxylic acids is 1. The molecule has 4 aromatic rings. The fraction of sp³-hybridized carbons (Fsp3) is 0.500. The second-order valence-electron chi connectivity index (χ2n) is 17.8. The van der Waals surface area contributed by atoms with Gasteiger partial charge in [0.25, 0.3) is 0 Å². The van der Waals surface area contributed by atoms with Gasteiger partial charge >= 0.3 is 0 Å². The number of thioether (sulfide) groups is 1. The van der Waals surface area contributed by atoms with Crippen LogP contribution in [0.25, 0.3) is 22.2 Å². The molecular weight excluding hydrogens is 847 g/mol. The van der Waals surface area contributed by atoms with Crippen LogP contribution in [0.2, 0.25) is 0 Å². The number of rotatable bonds is 8. The average molecular weight is 909 g/mol. The largest absolute Gasteiger partial charge is 0.512 e. The van der Waals surface area contributed by atoms with Crippen LogP contribution in [0, 0.1) is 61.3 Å². The first-order valence-electron chi connectivity index (χ1n) is 19.3. The molecule has 2 heterocycles. The third kappa shape index (κ3) is 7.37. The molecule has 6 rings (SSSR count). The van der Waals surface area contributed by atoms with E-state index in [0.29, 0.717) is 11.2 Å². The second kappa shape index (κ2) is 15.8.